The van der Waals surface area contributed by atoms with Gasteiger partial charge in [-0.1, -0.05) is 4.32 Å². The van der Waals surface area contributed by atoms with Crippen LogP contribution in [0.5, 0.6) is 0 Å². The Bertz CT molecular complexity index is 70.8. The van der Waals surface area contributed by atoms with E-state index < -0.39 is 0 Å². The Morgan fingerprint density at radius 2 is 1.44 bits per heavy atom. The van der Waals surface area contributed by atoms with Crippen LogP contribution in [0.25, 0.3) is 0 Å². The van der Waals surface area contributed by atoms with E-state index in [1.165, 1.54) is 0 Å². The normalized spacial score (nSPS) is 5.11. The second-order valence-electron chi connectivity index (χ2n) is 1.16. The summed E-state index contributed by atoms with van der Waals surface area (Å²) in [6, 6.07) is 0. The first kappa shape index (κ1) is 22.5. The largest absolute Gasteiger partial charge is 1.00 e. The molecule has 0 aliphatic heterocycles. The molecule has 0 fully saturated rings. The van der Waals surface area contributed by atoms with E-state index >= 15 is 0 Å². The van der Waals surface area contributed by atoms with E-state index in [9.17, 15) is 0 Å². The Balaban J connectivity index is -0.0000000417. The van der Waals surface area contributed by atoms with Gasteiger partial charge in [0.25, 0.3) is 0 Å². The van der Waals surface area contributed by atoms with Gasteiger partial charge >= 0.3 is 29.6 Å². The molecule has 4 N–H and O–H groups in total. The summed E-state index contributed by atoms with van der Waals surface area (Å²) in [7, 11) is 3.66. The second-order valence-corrected chi connectivity index (χ2v) is 2.19. The van der Waals surface area contributed by atoms with Crippen molar-refractivity contribution in [1.82, 2.24) is 4.90 Å². The summed E-state index contributed by atoms with van der Waals surface area (Å²) in [4.78, 5) is 1.71. The van der Waals surface area contributed by atoms with Crippen molar-refractivity contribution >= 4 is 29.2 Å². The molecule has 6 heteroatoms. The SMILES string of the molecule is CN(C)C(=S)[S-].O.O.[Na+]. The van der Waals surface area contributed by atoms with Gasteiger partial charge in [-0.25, -0.2) is 0 Å². The van der Waals surface area contributed by atoms with Crippen molar-refractivity contribution in [2.45, 2.75) is 0 Å². The first-order valence-electron chi connectivity index (χ1n) is 1.53. The van der Waals surface area contributed by atoms with Crippen molar-refractivity contribution in [2.75, 3.05) is 14.1 Å². The molecule has 0 saturated carbocycles. The molecular formula is C3H10NNaO2S2. The molecular weight excluding hydrogens is 169 g/mol. The van der Waals surface area contributed by atoms with Crippen LogP contribution in [-0.2, 0) is 12.6 Å². The number of rotatable bonds is 0. The minimum atomic E-state index is 0. The summed E-state index contributed by atoms with van der Waals surface area (Å²) in [6.45, 7) is 0. The molecule has 0 aromatic heterocycles. The van der Waals surface area contributed by atoms with Gasteiger partial charge in [-0.05, 0) is 0 Å². The summed E-state index contributed by atoms with van der Waals surface area (Å²) in [5.74, 6) is 0. The van der Waals surface area contributed by atoms with E-state index in [0.29, 0.717) is 4.32 Å². The zero-order valence-electron chi connectivity index (χ0n) is 5.76. The van der Waals surface area contributed by atoms with Crippen LogP contribution in [0.15, 0.2) is 0 Å². The summed E-state index contributed by atoms with van der Waals surface area (Å²) < 4.78 is 0.509. The fourth-order valence-electron chi connectivity index (χ4n) is 0. The minimum Gasteiger partial charge on any atom is -0.412 e. The topological polar surface area (TPSA) is 66.2 Å². The average Bonchev–Trinajstić information content (AvgIpc) is 1.36. The van der Waals surface area contributed by atoms with Crippen molar-refractivity contribution in [3.63, 3.8) is 0 Å². The number of hydrogen-bond donors (Lipinski definition) is 0. The molecule has 0 unspecified atom stereocenters. The number of hydrogen-bond acceptors (Lipinski definition) is 2. The van der Waals surface area contributed by atoms with Crippen molar-refractivity contribution in [1.29, 1.82) is 0 Å². The average molecular weight is 179 g/mol. The molecule has 3 nitrogen and oxygen atoms in total. The van der Waals surface area contributed by atoms with E-state index in [0.717, 1.165) is 0 Å². The molecule has 0 spiro atoms. The van der Waals surface area contributed by atoms with Crippen LogP contribution in [0.4, 0.5) is 0 Å². The molecule has 0 aliphatic rings. The third kappa shape index (κ3) is 17.6. The monoisotopic (exact) mass is 179 g/mol. The molecule has 0 radical (unpaired) electrons. The van der Waals surface area contributed by atoms with Crippen LogP contribution in [0, 0.1) is 0 Å². The first-order chi connectivity index (χ1) is 2.64. The van der Waals surface area contributed by atoms with Crippen LogP contribution in [0.3, 0.4) is 0 Å². The zero-order chi connectivity index (χ0) is 5.15. The zero-order valence-corrected chi connectivity index (χ0v) is 9.40. The molecule has 0 aliphatic carbocycles. The third-order valence-electron chi connectivity index (χ3n) is 0.365. The Kier molecular flexibility index (Phi) is 29.4. The molecule has 0 heterocycles. The molecule has 0 aromatic rings. The van der Waals surface area contributed by atoms with E-state index in [1.54, 1.807) is 4.90 Å². The van der Waals surface area contributed by atoms with E-state index in [2.05, 4.69) is 24.8 Å². The number of nitrogens with zero attached hydrogens (tertiary/aromatic N) is 1. The van der Waals surface area contributed by atoms with Gasteiger partial charge in [-0.15, -0.1) is 0 Å². The van der Waals surface area contributed by atoms with Gasteiger partial charge in [0.1, 0.15) is 0 Å². The predicted octanol–water partition coefficient (Wildman–Crippen LogP) is -4.27. The van der Waals surface area contributed by atoms with Crippen LogP contribution >= 0.6 is 12.2 Å². The summed E-state index contributed by atoms with van der Waals surface area (Å²) in [5, 5.41) is 0. The summed E-state index contributed by atoms with van der Waals surface area (Å²) in [5.41, 5.74) is 0. The molecule has 9 heavy (non-hydrogen) atoms. The van der Waals surface area contributed by atoms with Crippen LogP contribution in [0.2, 0.25) is 0 Å². The quantitative estimate of drug-likeness (QED) is 0.215. The van der Waals surface area contributed by atoms with Crippen molar-refractivity contribution in [2.24, 2.45) is 0 Å². The van der Waals surface area contributed by atoms with Gasteiger partial charge in [-0.2, -0.15) is 0 Å². The van der Waals surface area contributed by atoms with Crippen LogP contribution in [0.1, 0.15) is 0 Å². The Morgan fingerprint density at radius 3 is 1.44 bits per heavy atom. The third-order valence-corrected chi connectivity index (χ3v) is 1.10. The smallest absolute Gasteiger partial charge is 0.412 e. The molecule has 0 bridgehead atoms. The summed E-state index contributed by atoms with van der Waals surface area (Å²) in [6.07, 6.45) is 0. The molecule has 0 aromatic carbocycles. The van der Waals surface area contributed by atoms with E-state index in [4.69, 9.17) is 0 Å². The van der Waals surface area contributed by atoms with Gasteiger partial charge < -0.3 is 40.7 Å². The van der Waals surface area contributed by atoms with Gasteiger partial charge in [-0.3, -0.25) is 0 Å². The second kappa shape index (κ2) is 11.8. The maximum Gasteiger partial charge on any atom is 1.00 e. The maximum absolute atomic E-state index is 4.56. The fraction of sp³-hybridized carbons (Fsp3) is 0.667. The van der Waals surface area contributed by atoms with E-state index in [-0.39, 0.29) is 40.5 Å². The Labute approximate surface area is 88.1 Å². The van der Waals surface area contributed by atoms with Crippen molar-refractivity contribution in [3.05, 3.63) is 0 Å². The van der Waals surface area contributed by atoms with Gasteiger partial charge in [0.2, 0.25) is 0 Å². The molecule has 0 saturated heterocycles. The molecule has 0 rings (SSSR count). The standard InChI is InChI=1S/C3H7NS2.Na.2H2O/c1-4(2)3(5)6;;;/h1-2H3,(H,5,6);;2*1H2/q;+1;;/p-1. The predicted molar refractivity (Wildman–Crippen MR) is 40.9 cm³/mol. The molecule has 0 amide bonds. The van der Waals surface area contributed by atoms with Crippen molar-refractivity contribution in [3.8, 4) is 0 Å². The van der Waals surface area contributed by atoms with Gasteiger partial charge in [0.05, 0.1) is 0 Å². The maximum atomic E-state index is 4.56. The number of thiocarbonyl (C=S) groups is 1. The van der Waals surface area contributed by atoms with Crippen LogP contribution in [-0.4, -0.2) is 34.3 Å². The van der Waals surface area contributed by atoms with Gasteiger partial charge in [0.15, 0.2) is 0 Å². The molecule has 0 atom stereocenters. The Morgan fingerprint density at radius 1 is 1.33 bits per heavy atom. The summed E-state index contributed by atoms with van der Waals surface area (Å²) >= 11 is 9.12. The van der Waals surface area contributed by atoms with Gasteiger partial charge in [0, 0.05) is 14.1 Å². The Hall–Kier alpha value is 1.03. The van der Waals surface area contributed by atoms with Crippen molar-refractivity contribution < 1.29 is 40.5 Å². The first-order valence-corrected chi connectivity index (χ1v) is 2.34. The fourth-order valence-corrected chi connectivity index (χ4v) is 0. The molecule has 52 valence electrons. The van der Waals surface area contributed by atoms with E-state index in [1.807, 2.05) is 14.1 Å². The van der Waals surface area contributed by atoms with Crippen LogP contribution < -0.4 is 29.6 Å². The minimum absolute atomic E-state index is 0.